The zero-order chi connectivity index (χ0) is 13.9. The Hall–Kier alpha value is -1.70. The molecule has 0 aromatic heterocycles. The lowest BCUT2D eigenvalue weighted by atomic mass is 10.1. The predicted molar refractivity (Wildman–Crippen MR) is 63.7 cm³/mol. The van der Waals surface area contributed by atoms with Gasteiger partial charge in [0.05, 0.1) is 11.8 Å². The van der Waals surface area contributed by atoms with Gasteiger partial charge in [0.2, 0.25) is 0 Å². The van der Waals surface area contributed by atoms with E-state index in [-0.39, 0.29) is 16.2 Å². The summed E-state index contributed by atoms with van der Waals surface area (Å²) in [5.74, 6) is -1.39. The number of halogens is 4. The Morgan fingerprint density at radius 1 is 1.44 bits per heavy atom. The van der Waals surface area contributed by atoms with Crippen LogP contribution in [-0.4, -0.2) is 11.3 Å². The molecule has 3 nitrogen and oxygen atoms in total. The van der Waals surface area contributed by atoms with Crippen molar-refractivity contribution in [2.24, 2.45) is 10.8 Å². The molecular weight excluding hydrogens is 270 g/mol. The van der Waals surface area contributed by atoms with Crippen LogP contribution in [0.5, 0.6) is 0 Å². The fourth-order valence-electron chi connectivity index (χ4n) is 1.26. The topological polar surface area (TPSA) is 50.4 Å². The summed E-state index contributed by atoms with van der Waals surface area (Å²) in [6.07, 6.45) is -3.87. The summed E-state index contributed by atoms with van der Waals surface area (Å²) in [7, 11) is 0. The Balaban J connectivity index is 3.17. The van der Waals surface area contributed by atoms with Gasteiger partial charge in [-0.05, 0) is 36.8 Å². The number of alkyl halides is 3. The molecule has 1 rings (SSSR count). The SMILES string of the molecule is Cc1cc(C=NNC(N)=S)c(F)c(C(F)(F)F)c1. The van der Waals surface area contributed by atoms with Crippen molar-refractivity contribution in [1.82, 2.24) is 5.43 Å². The van der Waals surface area contributed by atoms with Gasteiger partial charge in [-0.2, -0.15) is 18.3 Å². The summed E-state index contributed by atoms with van der Waals surface area (Å²) < 4.78 is 51.1. The van der Waals surface area contributed by atoms with Crippen LogP contribution in [0.1, 0.15) is 16.7 Å². The molecule has 8 heteroatoms. The Labute approximate surface area is 106 Å². The van der Waals surface area contributed by atoms with Crippen LogP contribution in [-0.2, 0) is 6.18 Å². The number of aryl methyl sites for hydroxylation is 1. The number of thiocarbonyl (C=S) groups is 1. The third kappa shape index (κ3) is 3.66. The zero-order valence-corrected chi connectivity index (χ0v) is 9.99. The quantitative estimate of drug-likeness (QED) is 0.378. The van der Waals surface area contributed by atoms with Crippen molar-refractivity contribution in [3.05, 3.63) is 34.6 Å². The molecule has 0 aliphatic carbocycles. The highest BCUT2D eigenvalue weighted by atomic mass is 32.1. The van der Waals surface area contributed by atoms with Crippen molar-refractivity contribution in [2.45, 2.75) is 13.1 Å². The second kappa shape index (κ2) is 5.30. The van der Waals surface area contributed by atoms with E-state index in [1.54, 1.807) is 0 Å². The number of hydrogen-bond donors (Lipinski definition) is 2. The van der Waals surface area contributed by atoms with Crippen LogP contribution < -0.4 is 11.2 Å². The van der Waals surface area contributed by atoms with Crippen molar-refractivity contribution in [2.75, 3.05) is 0 Å². The molecule has 98 valence electrons. The molecule has 0 spiro atoms. The van der Waals surface area contributed by atoms with E-state index in [0.717, 1.165) is 12.3 Å². The van der Waals surface area contributed by atoms with Crippen LogP contribution >= 0.6 is 12.2 Å². The van der Waals surface area contributed by atoms with Gasteiger partial charge < -0.3 is 5.73 Å². The summed E-state index contributed by atoms with van der Waals surface area (Å²) >= 11 is 4.43. The first kappa shape index (κ1) is 14.4. The molecule has 0 aliphatic rings. The van der Waals surface area contributed by atoms with Crippen molar-refractivity contribution in [3.8, 4) is 0 Å². The highest BCUT2D eigenvalue weighted by Gasteiger charge is 2.35. The van der Waals surface area contributed by atoms with Crippen molar-refractivity contribution < 1.29 is 17.6 Å². The summed E-state index contributed by atoms with van der Waals surface area (Å²) in [5.41, 5.74) is 5.82. The molecule has 0 saturated heterocycles. The smallest absolute Gasteiger partial charge is 0.375 e. The second-order valence-corrected chi connectivity index (χ2v) is 3.89. The average molecular weight is 279 g/mol. The molecule has 0 fully saturated rings. The van der Waals surface area contributed by atoms with Gasteiger partial charge in [-0.1, -0.05) is 0 Å². The average Bonchev–Trinajstić information content (AvgIpc) is 2.20. The molecule has 0 radical (unpaired) electrons. The van der Waals surface area contributed by atoms with E-state index >= 15 is 0 Å². The lowest BCUT2D eigenvalue weighted by molar-refractivity contribution is -0.140. The van der Waals surface area contributed by atoms with Crippen LogP contribution in [0, 0.1) is 12.7 Å². The highest BCUT2D eigenvalue weighted by Crippen LogP contribution is 2.32. The van der Waals surface area contributed by atoms with Crippen molar-refractivity contribution >= 4 is 23.5 Å². The van der Waals surface area contributed by atoms with Gasteiger partial charge in [-0.3, -0.25) is 5.43 Å². The number of hydrogen-bond acceptors (Lipinski definition) is 2. The number of nitrogens with one attached hydrogen (secondary N) is 1. The van der Waals surface area contributed by atoms with E-state index in [1.165, 1.54) is 13.0 Å². The first-order valence-corrected chi connectivity index (χ1v) is 5.08. The fourth-order valence-corrected chi connectivity index (χ4v) is 1.32. The molecule has 0 unspecified atom stereocenters. The monoisotopic (exact) mass is 279 g/mol. The van der Waals surface area contributed by atoms with E-state index < -0.39 is 17.6 Å². The Morgan fingerprint density at radius 2 is 2.06 bits per heavy atom. The summed E-state index contributed by atoms with van der Waals surface area (Å²) in [6, 6.07) is 1.96. The molecule has 0 aliphatic heterocycles. The van der Waals surface area contributed by atoms with Crippen LogP contribution in [0.3, 0.4) is 0 Å². The lowest BCUT2D eigenvalue weighted by Crippen LogP contribution is -2.24. The van der Waals surface area contributed by atoms with Crippen molar-refractivity contribution in [1.29, 1.82) is 0 Å². The number of rotatable bonds is 2. The molecule has 3 N–H and O–H groups in total. The van der Waals surface area contributed by atoms with Gasteiger partial charge >= 0.3 is 6.18 Å². The third-order valence-corrected chi connectivity index (χ3v) is 2.02. The Kier molecular flexibility index (Phi) is 4.23. The molecule has 0 bridgehead atoms. The van der Waals surface area contributed by atoms with Gasteiger partial charge in [0, 0.05) is 5.56 Å². The van der Waals surface area contributed by atoms with Crippen LogP contribution in [0.2, 0.25) is 0 Å². The number of nitrogens with zero attached hydrogens (tertiary/aromatic N) is 1. The molecule has 1 aromatic rings. The number of hydrazone groups is 1. The van der Waals surface area contributed by atoms with E-state index in [9.17, 15) is 17.6 Å². The number of nitrogens with two attached hydrogens (primary N) is 1. The molecule has 0 atom stereocenters. The maximum absolute atomic E-state index is 13.6. The minimum Gasteiger partial charge on any atom is -0.375 e. The highest BCUT2D eigenvalue weighted by molar-refractivity contribution is 7.80. The van der Waals surface area contributed by atoms with E-state index in [2.05, 4.69) is 22.7 Å². The Morgan fingerprint density at radius 3 is 2.56 bits per heavy atom. The lowest BCUT2D eigenvalue weighted by Gasteiger charge is -2.10. The zero-order valence-electron chi connectivity index (χ0n) is 9.18. The van der Waals surface area contributed by atoms with Gasteiger partial charge in [0.25, 0.3) is 0 Å². The molecule has 0 amide bonds. The maximum Gasteiger partial charge on any atom is 0.419 e. The minimum atomic E-state index is -4.75. The van der Waals surface area contributed by atoms with Gasteiger partial charge in [0.15, 0.2) is 5.11 Å². The van der Waals surface area contributed by atoms with E-state index in [1.807, 2.05) is 0 Å². The summed E-state index contributed by atoms with van der Waals surface area (Å²) in [6.45, 7) is 1.42. The largest absolute Gasteiger partial charge is 0.419 e. The van der Waals surface area contributed by atoms with Gasteiger partial charge in [-0.25, -0.2) is 4.39 Å². The summed E-state index contributed by atoms with van der Waals surface area (Å²) in [5, 5.41) is 3.25. The molecular formula is C10H9F4N3S. The molecule has 1 aromatic carbocycles. The predicted octanol–water partition coefficient (Wildman–Crippen LogP) is 2.32. The Bertz CT molecular complexity index is 497. The van der Waals surface area contributed by atoms with Crippen LogP contribution in [0.4, 0.5) is 17.6 Å². The van der Waals surface area contributed by atoms with E-state index in [0.29, 0.717) is 0 Å². The molecule has 0 heterocycles. The normalized spacial score (nSPS) is 11.8. The summed E-state index contributed by atoms with van der Waals surface area (Å²) in [4.78, 5) is 0. The van der Waals surface area contributed by atoms with Crippen LogP contribution in [0.15, 0.2) is 17.2 Å². The molecule has 18 heavy (non-hydrogen) atoms. The first-order chi connectivity index (χ1) is 8.21. The minimum absolute atomic E-state index is 0.171. The maximum atomic E-state index is 13.6. The van der Waals surface area contributed by atoms with Crippen molar-refractivity contribution in [3.63, 3.8) is 0 Å². The fraction of sp³-hybridized carbons (Fsp3) is 0.200. The molecule has 0 saturated carbocycles. The standard InChI is InChI=1S/C10H9F4N3S/c1-5-2-6(4-16-17-9(15)18)8(11)7(3-5)10(12,13)14/h2-4H,1H3,(H3,15,17,18). The third-order valence-electron chi connectivity index (χ3n) is 1.93. The number of benzene rings is 1. The van der Waals surface area contributed by atoms with Gasteiger partial charge in [0.1, 0.15) is 5.82 Å². The van der Waals surface area contributed by atoms with Crippen LogP contribution in [0.25, 0.3) is 0 Å². The second-order valence-electron chi connectivity index (χ2n) is 3.45. The van der Waals surface area contributed by atoms with E-state index in [4.69, 9.17) is 5.73 Å². The van der Waals surface area contributed by atoms with Gasteiger partial charge in [-0.15, -0.1) is 0 Å². The first-order valence-electron chi connectivity index (χ1n) is 4.67.